The number of urea groups is 1. The van der Waals surface area contributed by atoms with Crippen molar-refractivity contribution in [2.75, 3.05) is 38.8 Å². The van der Waals surface area contributed by atoms with Crippen molar-refractivity contribution in [3.05, 3.63) is 18.2 Å². The quantitative estimate of drug-likeness (QED) is 0.893. The van der Waals surface area contributed by atoms with Crippen molar-refractivity contribution < 1.29 is 19.1 Å². The Bertz CT molecular complexity index is 679. The molecule has 0 saturated carbocycles. The second kappa shape index (κ2) is 7.85. The minimum atomic E-state index is -0.180. The maximum absolute atomic E-state index is 12.5. The zero-order valence-electron chi connectivity index (χ0n) is 15.7. The topological polar surface area (TPSA) is 71.1 Å². The summed E-state index contributed by atoms with van der Waals surface area (Å²) in [5.41, 5.74) is 0.746. The molecule has 0 unspecified atom stereocenters. The molecule has 3 amide bonds. The second-order valence-electron chi connectivity index (χ2n) is 7.09. The maximum atomic E-state index is 12.5. The van der Waals surface area contributed by atoms with Crippen molar-refractivity contribution in [2.24, 2.45) is 5.92 Å². The van der Waals surface area contributed by atoms with Crippen LogP contribution in [0, 0.1) is 5.92 Å². The smallest absolute Gasteiger partial charge is 0.317 e. The van der Waals surface area contributed by atoms with Gasteiger partial charge < -0.3 is 24.6 Å². The molecule has 7 heteroatoms. The summed E-state index contributed by atoms with van der Waals surface area (Å²) in [6, 6.07) is 5.15. The minimum Gasteiger partial charge on any atom is -0.493 e. The number of benzene rings is 1. The molecule has 2 aliphatic rings. The Morgan fingerprint density at radius 1 is 1.19 bits per heavy atom. The summed E-state index contributed by atoms with van der Waals surface area (Å²) in [5, 5.41) is 3.02. The molecule has 0 spiro atoms. The van der Waals surface area contributed by atoms with E-state index in [0.29, 0.717) is 30.4 Å². The third kappa shape index (κ3) is 3.86. The molecule has 1 N–H and O–H groups in total. The number of likely N-dealkylation sites (tertiary alicyclic amines) is 1. The van der Waals surface area contributed by atoms with E-state index in [1.54, 1.807) is 31.3 Å². The van der Waals surface area contributed by atoms with Crippen LogP contribution in [0.25, 0.3) is 0 Å². The summed E-state index contributed by atoms with van der Waals surface area (Å²) < 4.78 is 10.6. The van der Waals surface area contributed by atoms with Gasteiger partial charge in [0.25, 0.3) is 0 Å². The van der Waals surface area contributed by atoms with Crippen molar-refractivity contribution in [3.8, 4) is 11.5 Å². The zero-order chi connectivity index (χ0) is 18.7. The fourth-order valence-electron chi connectivity index (χ4n) is 3.69. The summed E-state index contributed by atoms with van der Waals surface area (Å²) in [7, 11) is 3.14. The van der Waals surface area contributed by atoms with Gasteiger partial charge in [0.05, 0.1) is 20.3 Å². The predicted octanol–water partition coefficient (Wildman–Crippen LogP) is 2.25. The lowest BCUT2D eigenvalue weighted by molar-refractivity contribution is -0.117. The molecule has 0 bridgehead atoms. The number of carbonyl (C=O) groups excluding carboxylic acids is 2. The van der Waals surface area contributed by atoms with Crippen LogP contribution in [0.2, 0.25) is 0 Å². The number of amides is 3. The van der Waals surface area contributed by atoms with Crippen LogP contribution in [-0.4, -0.2) is 56.7 Å². The van der Waals surface area contributed by atoms with Gasteiger partial charge in [0.1, 0.15) is 0 Å². The highest BCUT2D eigenvalue weighted by molar-refractivity contribution is 5.97. The number of carbonyl (C=O) groups is 2. The number of hydrogen-bond acceptors (Lipinski definition) is 4. The molecule has 0 aliphatic carbocycles. The number of methoxy groups -OCH3 is 2. The first-order chi connectivity index (χ1) is 12.5. The molecule has 142 valence electrons. The van der Waals surface area contributed by atoms with E-state index in [4.69, 9.17) is 9.47 Å². The first-order valence-corrected chi connectivity index (χ1v) is 9.09. The lowest BCUT2D eigenvalue weighted by Gasteiger charge is -2.31. The average Bonchev–Trinajstić information content (AvgIpc) is 3.01. The number of anilines is 1. The Morgan fingerprint density at radius 3 is 2.65 bits per heavy atom. The third-order valence-electron chi connectivity index (χ3n) is 5.08. The van der Waals surface area contributed by atoms with Crippen LogP contribution in [0.1, 0.15) is 26.2 Å². The number of nitrogens with one attached hydrogen (secondary N) is 1. The third-order valence-corrected chi connectivity index (χ3v) is 5.08. The van der Waals surface area contributed by atoms with Crippen LogP contribution >= 0.6 is 0 Å². The molecule has 7 nitrogen and oxygen atoms in total. The molecule has 0 radical (unpaired) electrons. The number of ether oxygens (including phenoxy) is 2. The van der Waals surface area contributed by atoms with Crippen LogP contribution in [0.15, 0.2) is 18.2 Å². The maximum Gasteiger partial charge on any atom is 0.317 e. The molecule has 2 fully saturated rings. The Balaban J connectivity index is 1.64. The van der Waals surface area contributed by atoms with E-state index < -0.39 is 0 Å². The highest BCUT2D eigenvalue weighted by Gasteiger charge is 2.33. The molecule has 26 heavy (non-hydrogen) atoms. The largest absolute Gasteiger partial charge is 0.493 e. The van der Waals surface area contributed by atoms with Crippen molar-refractivity contribution in [1.29, 1.82) is 0 Å². The van der Waals surface area contributed by atoms with Gasteiger partial charge in [-0.2, -0.15) is 0 Å². The van der Waals surface area contributed by atoms with Crippen molar-refractivity contribution in [1.82, 2.24) is 10.2 Å². The van der Waals surface area contributed by atoms with Gasteiger partial charge >= 0.3 is 6.03 Å². The fourth-order valence-corrected chi connectivity index (χ4v) is 3.69. The standard InChI is InChI=1S/C19H27N3O4/c1-13-5-4-8-21(11-13)19(24)20-14-9-18(23)22(12-14)15-6-7-16(25-2)17(10-15)26-3/h6-7,10,13-14H,4-5,8-9,11-12H2,1-3H3,(H,20,24)/t13-,14-/m0/s1. The molecular weight excluding hydrogens is 334 g/mol. The van der Waals surface area contributed by atoms with Crippen LogP contribution < -0.4 is 19.7 Å². The van der Waals surface area contributed by atoms with Gasteiger partial charge in [-0.3, -0.25) is 4.79 Å². The minimum absolute atomic E-state index is 0.00506. The first kappa shape index (κ1) is 18.4. The van der Waals surface area contributed by atoms with Crippen LogP contribution in [0.5, 0.6) is 11.5 Å². The summed E-state index contributed by atoms with van der Waals surface area (Å²) >= 11 is 0. The van der Waals surface area contributed by atoms with Crippen LogP contribution in [-0.2, 0) is 4.79 Å². The molecule has 2 aliphatic heterocycles. The average molecular weight is 361 g/mol. The molecule has 2 atom stereocenters. The summed E-state index contributed by atoms with van der Waals surface area (Å²) in [6.45, 7) is 4.20. The highest BCUT2D eigenvalue weighted by Crippen LogP contribution is 2.33. The SMILES string of the molecule is COc1ccc(N2C[C@@H](NC(=O)N3CCC[C@H](C)C3)CC2=O)cc1OC. The molecule has 0 aromatic heterocycles. The molecule has 3 rings (SSSR count). The van der Waals surface area contributed by atoms with Crippen molar-refractivity contribution in [3.63, 3.8) is 0 Å². The first-order valence-electron chi connectivity index (χ1n) is 9.09. The van der Waals surface area contributed by atoms with Crippen molar-refractivity contribution >= 4 is 17.6 Å². The van der Waals surface area contributed by atoms with E-state index in [1.807, 2.05) is 11.0 Å². The number of piperidine rings is 1. The molecular formula is C19H27N3O4. The van der Waals surface area contributed by atoms with Crippen molar-refractivity contribution in [2.45, 2.75) is 32.2 Å². The molecule has 1 aromatic carbocycles. The van der Waals surface area contributed by atoms with E-state index in [-0.39, 0.29) is 18.0 Å². The summed E-state index contributed by atoms with van der Waals surface area (Å²) in [4.78, 5) is 28.5. The molecule has 2 heterocycles. The number of nitrogens with zero attached hydrogens (tertiary/aromatic N) is 2. The number of hydrogen-bond donors (Lipinski definition) is 1. The lowest BCUT2D eigenvalue weighted by Crippen LogP contribution is -2.49. The Morgan fingerprint density at radius 2 is 1.96 bits per heavy atom. The summed E-state index contributed by atoms with van der Waals surface area (Å²) in [6.07, 6.45) is 2.51. The van der Waals surface area contributed by atoms with Gasteiger partial charge in [-0.1, -0.05) is 6.92 Å². The van der Waals surface area contributed by atoms with E-state index in [0.717, 1.165) is 25.2 Å². The monoisotopic (exact) mass is 361 g/mol. The van der Waals surface area contributed by atoms with Gasteiger partial charge in [0, 0.05) is 37.8 Å². The van der Waals surface area contributed by atoms with Gasteiger partial charge in [0.2, 0.25) is 5.91 Å². The second-order valence-corrected chi connectivity index (χ2v) is 7.09. The van der Waals surface area contributed by atoms with Gasteiger partial charge in [0.15, 0.2) is 11.5 Å². The lowest BCUT2D eigenvalue weighted by atomic mass is 10.0. The van der Waals surface area contributed by atoms with Gasteiger partial charge in [-0.15, -0.1) is 0 Å². The Hall–Kier alpha value is -2.44. The summed E-state index contributed by atoms with van der Waals surface area (Å²) in [5.74, 6) is 1.72. The van der Waals surface area contributed by atoms with E-state index in [2.05, 4.69) is 12.2 Å². The van der Waals surface area contributed by atoms with Gasteiger partial charge in [-0.25, -0.2) is 4.79 Å². The molecule has 1 aromatic rings. The predicted molar refractivity (Wildman–Crippen MR) is 98.8 cm³/mol. The van der Waals surface area contributed by atoms with E-state index in [1.165, 1.54) is 6.42 Å². The fraction of sp³-hybridized carbons (Fsp3) is 0.579. The Kier molecular flexibility index (Phi) is 5.54. The molecule has 2 saturated heterocycles. The van der Waals surface area contributed by atoms with Crippen LogP contribution in [0.3, 0.4) is 0 Å². The zero-order valence-corrected chi connectivity index (χ0v) is 15.7. The normalized spacial score (nSPS) is 23.1. The van der Waals surface area contributed by atoms with E-state index in [9.17, 15) is 9.59 Å². The van der Waals surface area contributed by atoms with E-state index >= 15 is 0 Å². The van der Waals surface area contributed by atoms with Crippen LogP contribution in [0.4, 0.5) is 10.5 Å². The Labute approximate surface area is 154 Å². The van der Waals surface area contributed by atoms with Gasteiger partial charge in [-0.05, 0) is 30.9 Å². The highest BCUT2D eigenvalue weighted by atomic mass is 16.5. The number of rotatable bonds is 4.